The molecule has 36 heavy (non-hydrogen) atoms. The van der Waals surface area contributed by atoms with Crippen LogP contribution >= 0.6 is 0 Å². The predicted octanol–water partition coefficient (Wildman–Crippen LogP) is 2.65. The number of nitrogens with zero attached hydrogens (tertiary/aromatic N) is 3. The molecule has 184 valence electrons. The summed E-state index contributed by atoms with van der Waals surface area (Å²) in [6, 6.07) is 18.2. The summed E-state index contributed by atoms with van der Waals surface area (Å²) in [6.07, 6.45) is 4.18. The van der Waals surface area contributed by atoms with Crippen molar-refractivity contribution >= 4 is 29.3 Å². The van der Waals surface area contributed by atoms with Crippen LogP contribution in [0, 0.1) is 23.7 Å². The summed E-state index contributed by atoms with van der Waals surface area (Å²) in [5.74, 6) is -1.91. The standard InChI is InChI=1S/C29H29N3O4/c33-22-17-30(16-19-11-12-19)28(36)29(15-18-7-3-1-4-8-18)24-23(25(32(22)29)20-13-14-20)26(34)31(27(24)35)21-9-5-2-6-10-21/h1-10,19-20,23-25H,11-17H2/t23-,24-,25-,29-/m1/s1. The topological polar surface area (TPSA) is 78.0 Å². The van der Waals surface area contributed by atoms with Gasteiger partial charge in [0, 0.05) is 19.0 Å². The van der Waals surface area contributed by atoms with Gasteiger partial charge in [0.25, 0.3) is 0 Å². The second kappa shape index (κ2) is 7.76. The number of fused-ring (bicyclic) bond motifs is 3. The molecule has 3 heterocycles. The Hall–Kier alpha value is -3.48. The molecule has 5 fully saturated rings. The van der Waals surface area contributed by atoms with E-state index in [2.05, 4.69) is 0 Å². The largest absolute Gasteiger partial charge is 0.331 e. The van der Waals surface area contributed by atoms with E-state index in [4.69, 9.17) is 0 Å². The van der Waals surface area contributed by atoms with Gasteiger partial charge in [0.1, 0.15) is 5.54 Å². The third-order valence-corrected chi connectivity index (χ3v) is 8.83. The number of carbonyl (C=O) groups excluding carboxylic acids is 4. The van der Waals surface area contributed by atoms with Crippen molar-refractivity contribution in [2.45, 2.75) is 43.7 Å². The lowest BCUT2D eigenvalue weighted by Gasteiger charge is -2.49. The number of carbonyl (C=O) groups is 4. The van der Waals surface area contributed by atoms with Crippen molar-refractivity contribution < 1.29 is 19.2 Å². The Balaban J connectivity index is 1.41. The van der Waals surface area contributed by atoms with Gasteiger partial charge in [0.15, 0.2) is 0 Å². The van der Waals surface area contributed by atoms with E-state index < -0.39 is 23.4 Å². The van der Waals surface area contributed by atoms with E-state index in [0.29, 0.717) is 18.2 Å². The number of para-hydroxylation sites is 1. The minimum atomic E-state index is -1.38. The lowest BCUT2D eigenvalue weighted by molar-refractivity contribution is -0.168. The van der Waals surface area contributed by atoms with E-state index in [9.17, 15) is 19.2 Å². The lowest BCUT2D eigenvalue weighted by atomic mass is 9.74. The Morgan fingerprint density at radius 1 is 0.806 bits per heavy atom. The predicted molar refractivity (Wildman–Crippen MR) is 131 cm³/mol. The maximum absolute atomic E-state index is 14.5. The highest BCUT2D eigenvalue weighted by Crippen LogP contribution is 2.58. The van der Waals surface area contributed by atoms with E-state index in [1.165, 1.54) is 4.90 Å². The van der Waals surface area contributed by atoms with Crippen LogP contribution in [0.2, 0.25) is 0 Å². The summed E-state index contributed by atoms with van der Waals surface area (Å²) in [5.41, 5.74) is 0.0487. The van der Waals surface area contributed by atoms with Gasteiger partial charge in [0.2, 0.25) is 23.6 Å². The molecule has 0 N–H and O–H groups in total. The first kappa shape index (κ1) is 21.8. The minimum absolute atomic E-state index is 0.0410. The molecule has 2 saturated carbocycles. The molecule has 0 radical (unpaired) electrons. The summed E-state index contributed by atoms with van der Waals surface area (Å²) >= 11 is 0. The van der Waals surface area contributed by atoms with Gasteiger partial charge in [-0.15, -0.1) is 0 Å². The van der Waals surface area contributed by atoms with Crippen molar-refractivity contribution in [2.75, 3.05) is 18.0 Å². The fourth-order valence-corrected chi connectivity index (χ4v) is 7.03. The number of anilines is 1. The SMILES string of the molecule is O=C1[C@H]2[C@@H](C3CC3)N3C(=O)CN(CC4CC4)C(=O)[C@@]3(Cc3ccccc3)[C@H]2C(=O)N1c1ccccc1. The first-order valence-corrected chi connectivity index (χ1v) is 13.1. The molecule has 0 spiro atoms. The highest BCUT2D eigenvalue weighted by atomic mass is 16.2. The number of hydrogen-bond acceptors (Lipinski definition) is 4. The van der Waals surface area contributed by atoms with Gasteiger partial charge in [-0.05, 0) is 55.2 Å². The first-order chi connectivity index (χ1) is 17.5. The number of piperazine rings is 1. The van der Waals surface area contributed by atoms with Crippen molar-refractivity contribution in [3.05, 3.63) is 66.2 Å². The highest BCUT2D eigenvalue weighted by Gasteiger charge is 2.76. The number of hydrogen-bond donors (Lipinski definition) is 0. The van der Waals surface area contributed by atoms with Crippen LogP contribution in [-0.2, 0) is 25.6 Å². The number of amides is 4. The Kier molecular flexibility index (Phi) is 4.69. The van der Waals surface area contributed by atoms with E-state index in [0.717, 1.165) is 31.2 Å². The van der Waals surface area contributed by atoms with Crippen molar-refractivity contribution in [1.29, 1.82) is 0 Å². The van der Waals surface area contributed by atoms with Gasteiger partial charge in [-0.3, -0.25) is 19.2 Å². The average molecular weight is 484 g/mol. The molecule has 0 aromatic heterocycles. The summed E-state index contributed by atoms with van der Waals surface area (Å²) in [6.45, 7) is 0.588. The zero-order valence-corrected chi connectivity index (χ0v) is 20.1. The van der Waals surface area contributed by atoms with Crippen LogP contribution in [0.1, 0.15) is 31.2 Å². The third kappa shape index (κ3) is 3.04. The van der Waals surface area contributed by atoms with E-state index in [1.807, 2.05) is 36.4 Å². The summed E-state index contributed by atoms with van der Waals surface area (Å²) in [5, 5.41) is 0. The number of imide groups is 1. The monoisotopic (exact) mass is 483 g/mol. The molecule has 2 aromatic rings. The molecule has 7 heteroatoms. The van der Waals surface area contributed by atoms with Crippen molar-refractivity contribution in [3.8, 4) is 0 Å². The molecule has 2 aromatic carbocycles. The molecule has 7 rings (SSSR count). The van der Waals surface area contributed by atoms with E-state index in [1.54, 1.807) is 34.1 Å². The van der Waals surface area contributed by atoms with Gasteiger partial charge in [-0.1, -0.05) is 48.5 Å². The fraction of sp³-hybridized carbons (Fsp3) is 0.448. The molecule has 3 saturated heterocycles. The molecule has 7 nitrogen and oxygen atoms in total. The molecular formula is C29H29N3O4. The molecule has 4 amide bonds. The smallest absolute Gasteiger partial charge is 0.250 e. The maximum Gasteiger partial charge on any atom is 0.250 e. The summed E-state index contributed by atoms with van der Waals surface area (Å²) in [4.78, 5) is 61.3. The maximum atomic E-state index is 14.5. The molecule has 3 aliphatic heterocycles. The van der Waals surface area contributed by atoms with Crippen LogP contribution in [0.3, 0.4) is 0 Å². The Morgan fingerprint density at radius 3 is 2.11 bits per heavy atom. The Bertz CT molecular complexity index is 1260. The molecule has 5 aliphatic rings. The van der Waals surface area contributed by atoms with E-state index in [-0.39, 0.29) is 42.5 Å². The zero-order valence-electron chi connectivity index (χ0n) is 20.1. The second-order valence-corrected chi connectivity index (χ2v) is 11.2. The van der Waals surface area contributed by atoms with Gasteiger partial charge in [-0.2, -0.15) is 0 Å². The van der Waals surface area contributed by atoms with Gasteiger partial charge in [-0.25, -0.2) is 4.90 Å². The molecule has 4 atom stereocenters. The van der Waals surface area contributed by atoms with Crippen molar-refractivity contribution in [2.24, 2.45) is 23.7 Å². The van der Waals surface area contributed by atoms with Crippen LogP contribution in [-0.4, -0.2) is 58.1 Å². The molecule has 0 unspecified atom stereocenters. The van der Waals surface area contributed by atoms with Crippen LogP contribution in [0.5, 0.6) is 0 Å². The average Bonchev–Trinajstić information content (AvgIpc) is 3.81. The lowest BCUT2D eigenvalue weighted by Crippen LogP contribution is -2.71. The van der Waals surface area contributed by atoms with Crippen LogP contribution in [0.15, 0.2) is 60.7 Å². The highest BCUT2D eigenvalue weighted by molar-refractivity contribution is 6.25. The Morgan fingerprint density at radius 2 is 1.47 bits per heavy atom. The van der Waals surface area contributed by atoms with Crippen LogP contribution < -0.4 is 4.90 Å². The summed E-state index contributed by atoms with van der Waals surface area (Å²) < 4.78 is 0. The fourth-order valence-electron chi connectivity index (χ4n) is 7.03. The third-order valence-electron chi connectivity index (χ3n) is 8.83. The quantitative estimate of drug-likeness (QED) is 0.592. The first-order valence-electron chi connectivity index (χ1n) is 13.1. The van der Waals surface area contributed by atoms with Gasteiger partial charge < -0.3 is 9.80 Å². The Labute approximate surface area is 210 Å². The molecule has 0 bridgehead atoms. The second-order valence-electron chi connectivity index (χ2n) is 11.2. The zero-order chi connectivity index (χ0) is 24.6. The van der Waals surface area contributed by atoms with Crippen molar-refractivity contribution in [1.82, 2.24) is 9.80 Å². The minimum Gasteiger partial charge on any atom is -0.331 e. The van der Waals surface area contributed by atoms with Crippen LogP contribution in [0.25, 0.3) is 0 Å². The van der Waals surface area contributed by atoms with Crippen molar-refractivity contribution in [3.63, 3.8) is 0 Å². The van der Waals surface area contributed by atoms with Crippen LogP contribution in [0.4, 0.5) is 5.69 Å². The number of rotatable bonds is 6. The normalized spacial score (nSPS) is 31.8. The van der Waals surface area contributed by atoms with E-state index >= 15 is 0 Å². The van der Waals surface area contributed by atoms with Gasteiger partial charge in [0.05, 0.1) is 24.1 Å². The van der Waals surface area contributed by atoms with Gasteiger partial charge >= 0.3 is 0 Å². The summed E-state index contributed by atoms with van der Waals surface area (Å²) in [7, 11) is 0. The molecular weight excluding hydrogens is 454 g/mol. The molecule has 2 aliphatic carbocycles. The number of benzene rings is 2.